The van der Waals surface area contributed by atoms with Gasteiger partial charge < -0.3 is 15.5 Å². The van der Waals surface area contributed by atoms with Crippen LogP contribution in [0.2, 0.25) is 0 Å². The molecular formula is C11H13NO3. The van der Waals surface area contributed by atoms with E-state index in [-0.39, 0.29) is 25.0 Å². The van der Waals surface area contributed by atoms with E-state index in [4.69, 9.17) is 10.2 Å². The van der Waals surface area contributed by atoms with Gasteiger partial charge >= 0.3 is 5.97 Å². The van der Waals surface area contributed by atoms with Crippen LogP contribution in [-0.4, -0.2) is 28.8 Å². The topological polar surface area (TPSA) is 69.6 Å². The number of rotatable bonds is 3. The Morgan fingerprint density at radius 2 is 2.33 bits per heavy atom. The average molecular weight is 207 g/mol. The number of aliphatic carboxylic acids is 1. The number of hydrogen-bond acceptors (Lipinski definition) is 3. The lowest BCUT2D eigenvalue weighted by atomic mass is 9.88. The molecule has 1 heterocycles. The summed E-state index contributed by atoms with van der Waals surface area (Å²) < 4.78 is 0. The van der Waals surface area contributed by atoms with E-state index in [9.17, 15) is 4.79 Å². The monoisotopic (exact) mass is 207 g/mol. The lowest BCUT2D eigenvalue weighted by Crippen LogP contribution is -2.27. The molecule has 15 heavy (non-hydrogen) atoms. The highest BCUT2D eigenvalue weighted by atomic mass is 16.4. The van der Waals surface area contributed by atoms with Crippen molar-refractivity contribution in [2.75, 3.05) is 6.61 Å². The van der Waals surface area contributed by atoms with Crippen LogP contribution >= 0.6 is 0 Å². The summed E-state index contributed by atoms with van der Waals surface area (Å²) in [6.07, 6.45) is 7.55. The molecule has 0 spiro atoms. The molecule has 0 bridgehead atoms. The van der Waals surface area contributed by atoms with E-state index in [0.717, 1.165) is 11.1 Å². The van der Waals surface area contributed by atoms with E-state index < -0.39 is 5.97 Å². The van der Waals surface area contributed by atoms with Crippen molar-refractivity contribution in [2.24, 2.45) is 5.92 Å². The Kier molecular flexibility index (Phi) is 2.60. The van der Waals surface area contributed by atoms with Crippen molar-refractivity contribution >= 4 is 5.97 Å². The smallest absolute Gasteiger partial charge is 0.307 e. The normalized spacial score (nSPS) is 27.8. The van der Waals surface area contributed by atoms with Gasteiger partial charge in [-0.15, -0.1) is 0 Å². The van der Waals surface area contributed by atoms with Gasteiger partial charge in [-0.25, -0.2) is 0 Å². The zero-order chi connectivity index (χ0) is 10.8. The second-order valence-corrected chi connectivity index (χ2v) is 3.77. The Hall–Kier alpha value is -1.55. The molecule has 1 aliphatic heterocycles. The van der Waals surface area contributed by atoms with Gasteiger partial charge in [0.1, 0.15) is 0 Å². The number of allylic oxidation sites excluding steroid dienone is 1. The van der Waals surface area contributed by atoms with Crippen molar-refractivity contribution in [1.29, 1.82) is 0 Å². The molecular weight excluding hydrogens is 194 g/mol. The fourth-order valence-electron chi connectivity index (χ4n) is 1.99. The molecule has 0 aromatic carbocycles. The third-order valence-electron chi connectivity index (χ3n) is 2.73. The Morgan fingerprint density at radius 3 is 3.00 bits per heavy atom. The summed E-state index contributed by atoms with van der Waals surface area (Å²) in [6.45, 7) is 0.0423. The Labute approximate surface area is 87.6 Å². The minimum Gasteiger partial charge on any atom is -0.481 e. The summed E-state index contributed by atoms with van der Waals surface area (Å²) in [5.41, 5.74) is 1.76. The minimum absolute atomic E-state index is 0.0423. The summed E-state index contributed by atoms with van der Waals surface area (Å²) in [6, 6.07) is 0.103. The number of nitrogens with one attached hydrogen (secondary N) is 1. The molecule has 3 N–H and O–H groups in total. The maximum Gasteiger partial charge on any atom is 0.307 e. The number of aliphatic hydroxyl groups is 1. The number of aliphatic hydroxyl groups excluding tert-OH is 1. The van der Waals surface area contributed by atoms with Gasteiger partial charge in [0.05, 0.1) is 19.1 Å². The van der Waals surface area contributed by atoms with Gasteiger partial charge in [-0.2, -0.15) is 0 Å². The van der Waals surface area contributed by atoms with E-state index >= 15 is 0 Å². The Morgan fingerprint density at radius 1 is 1.53 bits per heavy atom. The molecule has 1 aliphatic carbocycles. The van der Waals surface area contributed by atoms with E-state index in [1.165, 1.54) is 0 Å². The van der Waals surface area contributed by atoms with Crippen molar-refractivity contribution in [3.8, 4) is 0 Å². The van der Waals surface area contributed by atoms with E-state index in [1.54, 1.807) is 6.20 Å². The van der Waals surface area contributed by atoms with Gasteiger partial charge in [-0.1, -0.05) is 18.2 Å². The fraction of sp³-hybridized carbons (Fsp3) is 0.364. The largest absolute Gasteiger partial charge is 0.481 e. The Bertz CT molecular complexity index is 368. The Balaban J connectivity index is 2.09. The van der Waals surface area contributed by atoms with E-state index in [2.05, 4.69) is 5.32 Å². The summed E-state index contributed by atoms with van der Waals surface area (Å²) in [5.74, 6) is -0.648. The summed E-state index contributed by atoms with van der Waals surface area (Å²) >= 11 is 0. The van der Waals surface area contributed by atoms with Crippen molar-refractivity contribution in [3.05, 3.63) is 35.6 Å². The zero-order valence-electron chi connectivity index (χ0n) is 8.18. The highest BCUT2D eigenvalue weighted by Crippen LogP contribution is 2.28. The van der Waals surface area contributed by atoms with Crippen LogP contribution in [0, 0.1) is 5.92 Å². The van der Waals surface area contributed by atoms with Crippen molar-refractivity contribution in [1.82, 2.24) is 5.32 Å². The molecule has 2 aliphatic rings. The van der Waals surface area contributed by atoms with Gasteiger partial charge in [0.25, 0.3) is 0 Å². The highest BCUT2D eigenvalue weighted by molar-refractivity contribution is 5.71. The number of carboxylic acid groups (broad SMARTS) is 1. The maximum atomic E-state index is 10.5. The van der Waals surface area contributed by atoms with Crippen LogP contribution in [0.4, 0.5) is 0 Å². The van der Waals surface area contributed by atoms with Crippen LogP contribution in [0.5, 0.6) is 0 Å². The number of carboxylic acids is 1. The van der Waals surface area contributed by atoms with Crippen LogP contribution in [0.1, 0.15) is 6.42 Å². The molecule has 0 aromatic heterocycles. The number of carbonyl (C=O) groups is 1. The molecule has 0 radical (unpaired) electrons. The minimum atomic E-state index is -0.822. The molecule has 0 amide bonds. The SMILES string of the molecule is O=C(O)CC1=CC2NC=C(CO)C2C=C1. The molecule has 4 nitrogen and oxygen atoms in total. The first-order valence-electron chi connectivity index (χ1n) is 4.87. The maximum absolute atomic E-state index is 10.5. The van der Waals surface area contributed by atoms with Crippen LogP contribution < -0.4 is 5.32 Å². The highest BCUT2D eigenvalue weighted by Gasteiger charge is 2.27. The van der Waals surface area contributed by atoms with Crippen molar-refractivity contribution < 1.29 is 15.0 Å². The average Bonchev–Trinajstić information content (AvgIpc) is 2.58. The molecule has 2 unspecified atom stereocenters. The molecule has 2 atom stereocenters. The van der Waals surface area contributed by atoms with Crippen LogP contribution in [-0.2, 0) is 4.79 Å². The first-order valence-corrected chi connectivity index (χ1v) is 4.87. The molecule has 80 valence electrons. The quantitative estimate of drug-likeness (QED) is 0.627. The van der Waals surface area contributed by atoms with Gasteiger partial charge in [0.15, 0.2) is 0 Å². The number of hydrogen-bond donors (Lipinski definition) is 3. The van der Waals surface area contributed by atoms with Gasteiger partial charge in [0, 0.05) is 5.92 Å². The second-order valence-electron chi connectivity index (χ2n) is 3.77. The van der Waals surface area contributed by atoms with Crippen molar-refractivity contribution in [3.63, 3.8) is 0 Å². The standard InChI is InChI=1S/C11H13NO3/c13-6-8-5-12-10-3-7(4-11(14)15)1-2-9(8)10/h1-3,5,9-10,12-13H,4,6H2,(H,14,15). The molecule has 0 fully saturated rings. The van der Waals surface area contributed by atoms with Gasteiger partial charge in [-0.3, -0.25) is 4.79 Å². The second kappa shape index (κ2) is 3.90. The van der Waals surface area contributed by atoms with Crippen LogP contribution in [0.3, 0.4) is 0 Å². The van der Waals surface area contributed by atoms with E-state index in [1.807, 2.05) is 18.2 Å². The molecule has 2 rings (SSSR count). The predicted molar refractivity (Wildman–Crippen MR) is 55.1 cm³/mol. The fourth-order valence-corrected chi connectivity index (χ4v) is 1.99. The summed E-state index contributed by atoms with van der Waals surface area (Å²) in [7, 11) is 0. The molecule has 0 saturated carbocycles. The molecule has 0 aromatic rings. The first-order chi connectivity index (χ1) is 7.20. The van der Waals surface area contributed by atoms with E-state index in [0.29, 0.717) is 0 Å². The third kappa shape index (κ3) is 1.94. The van der Waals surface area contributed by atoms with Gasteiger partial charge in [0.2, 0.25) is 0 Å². The lowest BCUT2D eigenvalue weighted by molar-refractivity contribution is -0.136. The predicted octanol–water partition coefficient (Wildman–Crippen LogP) is 0.422. The van der Waals surface area contributed by atoms with Crippen molar-refractivity contribution in [2.45, 2.75) is 12.5 Å². The first kappa shape index (κ1) is 9.98. The third-order valence-corrected chi connectivity index (χ3v) is 2.73. The van der Waals surface area contributed by atoms with Gasteiger partial charge in [-0.05, 0) is 17.3 Å². The lowest BCUT2D eigenvalue weighted by Gasteiger charge is -2.20. The zero-order valence-corrected chi connectivity index (χ0v) is 8.18. The summed E-state index contributed by atoms with van der Waals surface area (Å²) in [4.78, 5) is 10.5. The van der Waals surface area contributed by atoms with Crippen LogP contribution in [0.15, 0.2) is 35.6 Å². The number of fused-ring (bicyclic) bond motifs is 1. The van der Waals surface area contributed by atoms with Crippen LogP contribution in [0.25, 0.3) is 0 Å². The molecule has 4 heteroatoms. The molecule has 0 saturated heterocycles. The summed E-state index contributed by atoms with van der Waals surface area (Å²) in [5, 5.41) is 20.8.